The zero-order valence-corrected chi connectivity index (χ0v) is 16.5. The molecule has 4 aliphatic rings. The number of ether oxygens (including phenoxy) is 1. The van der Waals surface area contributed by atoms with Crippen molar-refractivity contribution in [2.75, 3.05) is 39.8 Å². The number of hydrogen-bond donors (Lipinski definition) is 1. The van der Waals surface area contributed by atoms with Crippen molar-refractivity contribution in [3.05, 3.63) is 22.7 Å². The Bertz CT molecular complexity index is 725. The molecule has 0 saturated carbocycles. The molecule has 4 fully saturated rings. The van der Waals surface area contributed by atoms with Crippen LogP contribution in [-0.2, 0) is 0 Å². The van der Waals surface area contributed by atoms with E-state index >= 15 is 0 Å². The second-order valence-corrected chi connectivity index (χ2v) is 8.12. The van der Waals surface area contributed by atoms with Crippen molar-refractivity contribution in [3.8, 4) is 5.75 Å². The zero-order valence-electron chi connectivity index (χ0n) is 15.8. The van der Waals surface area contributed by atoms with Crippen LogP contribution in [0.25, 0.3) is 0 Å². The van der Waals surface area contributed by atoms with Gasteiger partial charge in [-0.1, -0.05) is 11.6 Å². The van der Waals surface area contributed by atoms with Gasteiger partial charge in [-0.05, 0) is 50.8 Å². The van der Waals surface area contributed by atoms with Gasteiger partial charge in [-0.25, -0.2) is 4.99 Å². The Morgan fingerprint density at radius 1 is 1.26 bits per heavy atom. The highest BCUT2D eigenvalue weighted by Crippen LogP contribution is 2.34. The normalized spacial score (nSPS) is 27.3. The minimum Gasteiger partial charge on any atom is -0.496 e. The molecule has 4 heterocycles. The molecule has 1 atom stereocenters. The SMILES string of the molecule is COc1cc(/N=C/N2CCCC2)c(Cl)cc1C(=O)NC1CN2CCC1CC2. The number of rotatable bonds is 5. The van der Waals surface area contributed by atoms with Gasteiger partial charge in [0.25, 0.3) is 5.91 Å². The number of carbonyl (C=O) groups excluding carboxylic acids is 1. The van der Waals surface area contributed by atoms with E-state index in [2.05, 4.69) is 20.1 Å². The molecule has 4 saturated heterocycles. The fourth-order valence-corrected chi connectivity index (χ4v) is 4.58. The smallest absolute Gasteiger partial charge is 0.255 e. The summed E-state index contributed by atoms with van der Waals surface area (Å²) in [5.74, 6) is 0.957. The second-order valence-electron chi connectivity index (χ2n) is 7.71. The lowest BCUT2D eigenvalue weighted by atomic mass is 9.84. The molecule has 0 spiro atoms. The largest absolute Gasteiger partial charge is 0.496 e. The molecule has 1 N–H and O–H groups in total. The maximum Gasteiger partial charge on any atom is 0.255 e. The third-order valence-corrected chi connectivity index (χ3v) is 6.29. The average Bonchev–Trinajstić information content (AvgIpc) is 3.21. The summed E-state index contributed by atoms with van der Waals surface area (Å²) in [7, 11) is 1.57. The van der Waals surface area contributed by atoms with Crippen molar-refractivity contribution in [2.45, 2.75) is 31.7 Å². The van der Waals surface area contributed by atoms with Crippen molar-refractivity contribution in [2.24, 2.45) is 10.9 Å². The number of methoxy groups -OCH3 is 1. The maximum absolute atomic E-state index is 12.9. The Morgan fingerprint density at radius 2 is 2.00 bits per heavy atom. The Labute approximate surface area is 165 Å². The molecule has 1 unspecified atom stereocenters. The number of nitrogens with one attached hydrogen (secondary N) is 1. The van der Waals surface area contributed by atoms with Gasteiger partial charge in [0.1, 0.15) is 5.75 Å². The Hall–Kier alpha value is -1.79. The second kappa shape index (κ2) is 8.07. The van der Waals surface area contributed by atoms with Crippen LogP contribution >= 0.6 is 11.6 Å². The lowest BCUT2D eigenvalue weighted by molar-refractivity contribution is 0.0619. The third-order valence-electron chi connectivity index (χ3n) is 5.99. The standard InChI is InChI=1S/C20H27ClN4O2/c1-27-19-11-17(22-13-25-6-2-3-7-25)16(21)10-15(19)20(26)23-18-12-24-8-4-14(18)5-9-24/h10-11,13-14,18H,2-9,12H2,1H3,(H,23,26)/b22-13+. The van der Waals surface area contributed by atoms with Crippen molar-refractivity contribution in [1.29, 1.82) is 0 Å². The van der Waals surface area contributed by atoms with E-state index in [1.165, 1.54) is 12.8 Å². The monoisotopic (exact) mass is 390 g/mol. The Balaban J connectivity index is 1.49. The van der Waals surface area contributed by atoms with Crippen LogP contribution < -0.4 is 10.1 Å². The van der Waals surface area contributed by atoms with Gasteiger partial charge in [-0.3, -0.25) is 4.79 Å². The van der Waals surface area contributed by atoms with E-state index in [1.54, 1.807) is 19.2 Å². The van der Waals surface area contributed by atoms with Crippen molar-refractivity contribution < 1.29 is 9.53 Å². The first kappa shape index (κ1) is 18.6. The molecule has 5 rings (SSSR count). The molecule has 4 aliphatic heterocycles. The Morgan fingerprint density at radius 3 is 2.63 bits per heavy atom. The van der Waals surface area contributed by atoms with E-state index in [-0.39, 0.29) is 11.9 Å². The fourth-order valence-electron chi connectivity index (χ4n) is 4.36. The number of aliphatic imine (C=N–C) groups is 1. The average molecular weight is 391 g/mol. The number of hydrogen-bond acceptors (Lipinski definition) is 4. The van der Waals surface area contributed by atoms with Crippen molar-refractivity contribution >= 4 is 29.5 Å². The van der Waals surface area contributed by atoms with Gasteiger partial charge < -0.3 is 19.9 Å². The van der Waals surface area contributed by atoms with Crippen LogP contribution in [0.4, 0.5) is 5.69 Å². The molecule has 1 aromatic carbocycles. The summed E-state index contributed by atoms with van der Waals surface area (Å²) in [5.41, 5.74) is 1.10. The highest BCUT2D eigenvalue weighted by atomic mass is 35.5. The number of piperidine rings is 3. The summed E-state index contributed by atoms with van der Waals surface area (Å²) < 4.78 is 5.47. The maximum atomic E-state index is 12.9. The first-order valence-electron chi connectivity index (χ1n) is 9.83. The van der Waals surface area contributed by atoms with Gasteiger partial charge >= 0.3 is 0 Å². The van der Waals surface area contributed by atoms with E-state index in [9.17, 15) is 4.79 Å². The molecular weight excluding hydrogens is 364 g/mol. The van der Waals surface area contributed by atoms with Gasteiger partial charge in [-0.2, -0.15) is 0 Å². The first-order chi connectivity index (χ1) is 13.1. The topological polar surface area (TPSA) is 57.2 Å². The van der Waals surface area contributed by atoms with Crippen LogP contribution in [0.15, 0.2) is 17.1 Å². The minimum absolute atomic E-state index is 0.123. The number of likely N-dealkylation sites (tertiary alicyclic amines) is 1. The van der Waals surface area contributed by atoms with Crippen LogP contribution in [0.5, 0.6) is 5.75 Å². The van der Waals surface area contributed by atoms with Crippen molar-refractivity contribution in [1.82, 2.24) is 15.1 Å². The highest BCUT2D eigenvalue weighted by Gasteiger charge is 2.35. The molecule has 7 heteroatoms. The van der Waals surface area contributed by atoms with Gasteiger partial charge in [0, 0.05) is 31.7 Å². The summed E-state index contributed by atoms with van der Waals surface area (Å²) in [6.45, 7) is 5.28. The van der Waals surface area contributed by atoms with E-state index in [1.807, 2.05) is 6.34 Å². The van der Waals surface area contributed by atoms with E-state index in [4.69, 9.17) is 16.3 Å². The predicted octanol–water partition coefficient (Wildman–Crippen LogP) is 2.93. The van der Waals surface area contributed by atoms with Crippen LogP contribution in [-0.4, -0.2) is 67.9 Å². The van der Waals surface area contributed by atoms with Crippen molar-refractivity contribution in [3.63, 3.8) is 0 Å². The highest BCUT2D eigenvalue weighted by molar-refractivity contribution is 6.33. The summed E-state index contributed by atoms with van der Waals surface area (Å²) in [6.07, 6.45) is 6.55. The lowest BCUT2D eigenvalue weighted by Gasteiger charge is -2.44. The number of carbonyl (C=O) groups is 1. The van der Waals surface area contributed by atoms with Gasteiger partial charge in [-0.15, -0.1) is 0 Å². The minimum atomic E-state index is -0.123. The quantitative estimate of drug-likeness (QED) is 0.620. The molecule has 2 bridgehead atoms. The molecule has 0 aliphatic carbocycles. The predicted molar refractivity (Wildman–Crippen MR) is 107 cm³/mol. The molecule has 27 heavy (non-hydrogen) atoms. The van der Waals surface area contributed by atoms with E-state index in [0.717, 1.165) is 45.6 Å². The molecule has 0 radical (unpaired) electrons. The van der Waals surface area contributed by atoms with Crippen LogP contribution in [0.3, 0.4) is 0 Å². The van der Waals surface area contributed by atoms with E-state index in [0.29, 0.717) is 27.9 Å². The number of halogens is 1. The summed E-state index contributed by atoms with van der Waals surface area (Å²) in [6, 6.07) is 3.63. The fraction of sp³-hybridized carbons (Fsp3) is 0.600. The summed E-state index contributed by atoms with van der Waals surface area (Å²) >= 11 is 6.42. The molecule has 146 valence electrons. The Kier molecular flexibility index (Phi) is 5.55. The number of nitrogens with zero attached hydrogens (tertiary/aromatic N) is 3. The molecule has 0 aromatic heterocycles. The molecule has 6 nitrogen and oxygen atoms in total. The third kappa shape index (κ3) is 4.06. The first-order valence-corrected chi connectivity index (χ1v) is 10.2. The summed E-state index contributed by atoms with van der Waals surface area (Å²) in [4.78, 5) is 22.0. The van der Waals surface area contributed by atoms with E-state index < -0.39 is 0 Å². The number of amides is 1. The molecular formula is C20H27ClN4O2. The van der Waals surface area contributed by atoms with Crippen LogP contribution in [0.2, 0.25) is 5.02 Å². The molecule has 1 aromatic rings. The molecule has 1 amide bonds. The summed E-state index contributed by atoms with van der Waals surface area (Å²) in [5, 5.41) is 3.66. The lowest BCUT2D eigenvalue weighted by Crippen LogP contribution is -2.57. The van der Waals surface area contributed by atoms with Gasteiger partial charge in [0.05, 0.1) is 29.7 Å². The number of fused-ring (bicyclic) bond motifs is 3. The zero-order chi connectivity index (χ0) is 18.8. The number of benzene rings is 1. The van der Waals surface area contributed by atoms with Gasteiger partial charge in [0.15, 0.2) is 0 Å². The van der Waals surface area contributed by atoms with Crippen LogP contribution in [0, 0.1) is 5.92 Å². The van der Waals surface area contributed by atoms with Crippen LogP contribution in [0.1, 0.15) is 36.0 Å². The van der Waals surface area contributed by atoms with Gasteiger partial charge in [0.2, 0.25) is 0 Å².